The Kier molecular flexibility index (Phi) is 9.87. The van der Waals surface area contributed by atoms with Gasteiger partial charge in [-0.15, -0.1) is 0 Å². The van der Waals surface area contributed by atoms with Gasteiger partial charge >= 0.3 is 5.97 Å². The minimum absolute atomic E-state index is 0.0847. The van der Waals surface area contributed by atoms with Gasteiger partial charge in [-0.25, -0.2) is 4.79 Å². The van der Waals surface area contributed by atoms with Gasteiger partial charge in [-0.3, -0.25) is 0 Å². The van der Waals surface area contributed by atoms with E-state index in [2.05, 4.69) is 12.1 Å². The Hall–Kier alpha value is -4.49. The van der Waals surface area contributed by atoms with Crippen LogP contribution in [-0.2, 0) is 6.42 Å². The molecule has 0 heterocycles. The largest absolute Gasteiger partial charge is 0.496 e. The molecule has 0 fully saturated rings. The second-order valence-electron chi connectivity index (χ2n) is 9.91. The van der Waals surface area contributed by atoms with Gasteiger partial charge in [-0.1, -0.05) is 36.4 Å². The van der Waals surface area contributed by atoms with Gasteiger partial charge in [0.15, 0.2) is 0 Å². The van der Waals surface area contributed by atoms with E-state index in [0.29, 0.717) is 35.0 Å². The standard InChI is InChI=1S/C34H36O7/c1-22-13-18-28(34(36)37)32(19-22)41-27-16-14-26(15-17-27)40-29(12-8-11-24-9-6-5-7-10-24)33(35)25-20-30(38-3)23(2)31(21-25)39-4/h5-7,9-10,13-21,29,33,35H,8,11-12H2,1-4H3,(H,36,37)/t29-,33-/m0/s1. The smallest absolute Gasteiger partial charge is 0.339 e. The fraction of sp³-hybridized carbons (Fsp3) is 0.265. The number of rotatable bonds is 13. The molecule has 0 radical (unpaired) electrons. The molecule has 0 saturated carbocycles. The Morgan fingerprint density at radius 2 is 1.44 bits per heavy atom. The number of carbonyl (C=O) groups is 1. The molecule has 4 aromatic carbocycles. The third kappa shape index (κ3) is 7.58. The van der Waals surface area contributed by atoms with Crippen molar-refractivity contribution in [2.24, 2.45) is 0 Å². The molecule has 7 heteroatoms. The summed E-state index contributed by atoms with van der Waals surface area (Å²) in [6.07, 6.45) is 0.744. The van der Waals surface area contributed by atoms with Crippen molar-refractivity contribution in [3.8, 4) is 28.7 Å². The zero-order chi connectivity index (χ0) is 29.4. The van der Waals surface area contributed by atoms with E-state index in [9.17, 15) is 15.0 Å². The highest BCUT2D eigenvalue weighted by molar-refractivity contribution is 5.91. The highest BCUT2D eigenvalue weighted by Gasteiger charge is 2.25. The Labute approximate surface area is 240 Å². The second kappa shape index (κ2) is 13.7. The number of aliphatic hydroxyl groups excluding tert-OH is 1. The molecule has 0 amide bonds. The van der Waals surface area contributed by atoms with E-state index in [-0.39, 0.29) is 11.3 Å². The van der Waals surface area contributed by atoms with E-state index >= 15 is 0 Å². The molecular formula is C34H36O7. The van der Waals surface area contributed by atoms with Crippen LogP contribution in [0.15, 0.2) is 84.9 Å². The number of ether oxygens (including phenoxy) is 4. The second-order valence-corrected chi connectivity index (χ2v) is 9.91. The summed E-state index contributed by atoms with van der Waals surface area (Å²) < 4.78 is 23.3. The lowest BCUT2D eigenvalue weighted by Gasteiger charge is -2.26. The van der Waals surface area contributed by atoms with Crippen LogP contribution in [0.25, 0.3) is 0 Å². The van der Waals surface area contributed by atoms with Gasteiger partial charge in [0, 0.05) is 5.56 Å². The number of methoxy groups -OCH3 is 2. The van der Waals surface area contributed by atoms with Crippen LogP contribution in [-0.4, -0.2) is 36.5 Å². The van der Waals surface area contributed by atoms with Crippen LogP contribution >= 0.6 is 0 Å². The molecule has 2 atom stereocenters. The Balaban J connectivity index is 1.55. The molecular weight excluding hydrogens is 520 g/mol. The first-order chi connectivity index (χ1) is 19.8. The van der Waals surface area contributed by atoms with E-state index in [1.54, 1.807) is 50.6 Å². The molecule has 214 valence electrons. The summed E-state index contributed by atoms with van der Waals surface area (Å²) in [7, 11) is 3.18. The van der Waals surface area contributed by atoms with Crippen molar-refractivity contribution in [1.82, 2.24) is 0 Å². The van der Waals surface area contributed by atoms with Crippen LogP contribution in [0.2, 0.25) is 0 Å². The maximum absolute atomic E-state index is 11.6. The quantitative estimate of drug-likeness (QED) is 0.178. The Bertz CT molecular complexity index is 1420. The molecule has 0 aliphatic rings. The van der Waals surface area contributed by atoms with Gasteiger partial charge < -0.3 is 29.2 Å². The number of carboxylic acid groups (broad SMARTS) is 1. The average molecular weight is 557 g/mol. The van der Waals surface area contributed by atoms with Gasteiger partial charge in [-0.05, 0) is 98.3 Å². The first-order valence-corrected chi connectivity index (χ1v) is 13.5. The van der Waals surface area contributed by atoms with Gasteiger partial charge in [0.1, 0.15) is 46.5 Å². The molecule has 0 saturated heterocycles. The molecule has 0 bridgehead atoms. The van der Waals surface area contributed by atoms with Crippen LogP contribution in [0.1, 0.15) is 51.6 Å². The van der Waals surface area contributed by atoms with E-state index in [1.807, 2.05) is 44.2 Å². The van der Waals surface area contributed by atoms with Crippen molar-refractivity contribution < 1.29 is 34.0 Å². The maximum Gasteiger partial charge on any atom is 0.339 e. The minimum Gasteiger partial charge on any atom is -0.496 e. The lowest BCUT2D eigenvalue weighted by atomic mass is 9.97. The van der Waals surface area contributed by atoms with Crippen molar-refractivity contribution in [2.75, 3.05) is 14.2 Å². The molecule has 7 nitrogen and oxygen atoms in total. The Morgan fingerprint density at radius 1 is 0.805 bits per heavy atom. The first kappa shape index (κ1) is 29.5. The van der Waals surface area contributed by atoms with Crippen molar-refractivity contribution in [2.45, 2.75) is 45.3 Å². The highest BCUT2D eigenvalue weighted by atomic mass is 16.5. The number of hydrogen-bond acceptors (Lipinski definition) is 6. The molecule has 4 rings (SSSR count). The van der Waals surface area contributed by atoms with Crippen LogP contribution in [0.3, 0.4) is 0 Å². The predicted molar refractivity (Wildman–Crippen MR) is 158 cm³/mol. The highest BCUT2D eigenvalue weighted by Crippen LogP contribution is 2.35. The molecule has 0 aromatic heterocycles. The van der Waals surface area contributed by atoms with E-state index < -0.39 is 18.2 Å². The number of aromatic carboxylic acids is 1. The molecule has 0 aliphatic carbocycles. The molecule has 0 spiro atoms. The summed E-state index contributed by atoms with van der Waals surface area (Å²) in [6, 6.07) is 25.7. The number of aliphatic hydroxyl groups is 1. The van der Waals surface area contributed by atoms with Crippen molar-refractivity contribution in [3.05, 3.63) is 113 Å². The van der Waals surface area contributed by atoms with Crippen molar-refractivity contribution in [1.29, 1.82) is 0 Å². The number of aryl methyl sites for hydroxylation is 2. The summed E-state index contributed by atoms with van der Waals surface area (Å²) >= 11 is 0. The number of hydrogen-bond donors (Lipinski definition) is 2. The normalized spacial score (nSPS) is 12.3. The van der Waals surface area contributed by atoms with Crippen LogP contribution in [0.4, 0.5) is 0 Å². The van der Waals surface area contributed by atoms with E-state index in [1.165, 1.54) is 11.6 Å². The van der Waals surface area contributed by atoms with Crippen LogP contribution in [0.5, 0.6) is 28.7 Å². The third-order valence-electron chi connectivity index (χ3n) is 6.97. The molecule has 0 aliphatic heterocycles. The Morgan fingerprint density at radius 3 is 2.05 bits per heavy atom. The molecule has 41 heavy (non-hydrogen) atoms. The third-order valence-corrected chi connectivity index (χ3v) is 6.97. The van der Waals surface area contributed by atoms with Crippen molar-refractivity contribution in [3.63, 3.8) is 0 Å². The first-order valence-electron chi connectivity index (χ1n) is 13.5. The fourth-order valence-corrected chi connectivity index (χ4v) is 4.70. The summed E-state index contributed by atoms with van der Waals surface area (Å²) in [5, 5.41) is 21.0. The topological polar surface area (TPSA) is 94.5 Å². The van der Waals surface area contributed by atoms with Gasteiger partial charge in [0.05, 0.1) is 14.2 Å². The summed E-state index contributed by atoms with van der Waals surface area (Å²) in [5.74, 6) is 1.48. The van der Waals surface area contributed by atoms with Gasteiger partial charge in [0.2, 0.25) is 0 Å². The van der Waals surface area contributed by atoms with Gasteiger partial charge in [0.25, 0.3) is 0 Å². The summed E-state index contributed by atoms with van der Waals surface area (Å²) in [6.45, 7) is 3.78. The maximum atomic E-state index is 11.6. The SMILES string of the molecule is COc1cc([C@H](O)[C@H](CCCc2ccccc2)Oc2ccc(Oc3cc(C)ccc3C(=O)O)cc2)cc(OC)c1C. The summed E-state index contributed by atoms with van der Waals surface area (Å²) in [5.41, 5.74) is 3.68. The van der Waals surface area contributed by atoms with Crippen molar-refractivity contribution >= 4 is 5.97 Å². The van der Waals surface area contributed by atoms with Crippen LogP contribution < -0.4 is 18.9 Å². The summed E-state index contributed by atoms with van der Waals surface area (Å²) in [4.78, 5) is 11.6. The lowest BCUT2D eigenvalue weighted by molar-refractivity contribution is 0.0289. The molecule has 2 N–H and O–H groups in total. The number of carboxylic acids is 1. The molecule has 4 aromatic rings. The average Bonchev–Trinajstić information content (AvgIpc) is 2.97. The monoisotopic (exact) mass is 556 g/mol. The zero-order valence-corrected chi connectivity index (χ0v) is 23.8. The fourth-order valence-electron chi connectivity index (χ4n) is 4.70. The lowest BCUT2D eigenvalue weighted by Crippen LogP contribution is -2.26. The zero-order valence-electron chi connectivity index (χ0n) is 23.8. The van der Waals surface area contributed by atoms with Crippen LogP contribution in [0, 0.1) is 13.8 Å². The van der Waals surface area contributed by atoms with Gasteiger partial charge in [-0.2, -0.15) is 0 Å². The van der Waals surface area contributed by atoms with E-state index in [0.717, 1.165) is 24.0 Å². The van der Waals surface area contributed by atoms with E-state index in [4.69, 9.17) is 18.9 Å². The predicted octanol–water partition coefficient (Wildman–Crippen LogP) is 7.32. The minimum atomic E-state index is -1.06. The molecule has 0 unspecified atom stereocenters. The number of benzene rings is 4.